The highest BCUT2D eigenvalue weighted by Gasteiger charge is 2.45. The minimum Gasteiger partial charge on any atom is -0.0654 e. The SMILES string of the molecule is CCCCCCCC[P+]1=C(c2ccccc2)C(Cc2ccccc2)C(c2ccccc2)CC1c1ccccc1. The molecular weight excluding hydrogens is 487 g/mol. The van der Waals surface area contributed by atoms with Gasteiger partial charge in [0.2, 0.25) is 0 Å². The monoisotopic (exact) mass is 531 g/mol. The average Bonchev–Trinajstić information content (AvgIpc) is 3.01. The molecule has 0 aromatic heterocycles. The van der Waals surface area contributed by atoms with Crippen LogP contribution in [0.15, 0.2) is 121 Å². The molecule has 1 aliphatic heterocycles. The first-order valence-corrected chi connectivity index (χ1v) is 16.8. The van der Waals surface area contributed by atoms with E-state index >= 15 is 0 Å². The standard InChI is InChI=1S/C38H44P/c1-2-3-4-5-6-19-28-39-37(33-24-15-9-16-25-33)30-35(32-22-13-8-14-23-32)36(29-31-20-11-7-12-21-31)38(39)34-26-17-10-18-27-34/h7-18,20-27,35-37H,2-6,19,28-30H2,1H3/q+1. The molecule has 0 radical (unpaired) electrons. The van der Waals surface area contributed by atoms with Crippen molar-refractivity contribution in [1.29, 1.82) is 0 Å². The molecule has 4 unspecified atom stereocenters. The van der Waals surface area contributed by atoms with Crippen LogP contribution in [-0.2, 0) is 6.42 Å². The maximum Gasteiger partial charge on any atom is 0.142 e. The van der Waals surface area contributed by atoms with Gasteiger partial charge in [0.25, 0.3) is 0 Å². The molecule has 0 saturated carbocycles. The van der Waals surface area contributed by atoms with Crippen molar-refractivity contribution in [2.24, 2.45) is 5.92 Å². The normalized spacial score (nSPS) is 20.2. The van der Waals surface area contributed by atoms with E-state index in [0.717, 1.165) is 6.42 Å². The fourth-order valence-electron chi connectivity index (χ4n) is 6.60. The van der Waals surface area contributed by atoms with Crippen molar-refractivity contribution in [3.8, 4) is 0 Å². The van der Waals surface area contributed by atoms with Crippen LogP contribution in [0.1, 0.15) is 85.7 Å². The Hall–Kier alpha value is -2.95. The van der Waals surface area contributed by atoms with E-state index in [4.69, 9.17) is 0 Å². The molecule has 5 rings (SSSR count). The lowest BCUT2D eigenvalue weighted by atomic mass is 9.75. The Balaban J connectivity index is 1.63. The second-order valence-corrected chi connectivity index (χ2v) is 13.7. The van der Waals surface area contributed by atoms with E-state index in [-0.39, 0.29) is 7.55 Å². The summed E-state index contributed by atoms with van der Waals surface area (Å²) in [5, 5.41) is 1.76. The van der Waals surface area contributed by atoms with Crippen LogP contribution in [0.2, 0.25) is 0 Å². The maximum atomic E-state index is 2.41. The van der Waals surface area contributed by atoms with Crippen LogP contribution < -0.4 is 0 Å². The summed E-state index contributed by atoms with van der Waals surface area (Å²) in [7, 11) is -0.311. The summed E-state index contributed by atoms with van der Waals surface area (Å²) in [4.78, 5) is 0. The van der Waals surface area contributed by atoms with Crippen molar-refractivity contribution in [2.45, 2.75) is 69.9 Å². The number of rotatable bonds is 12. The summed E-state index contributed by atoms with van der Waals surface area (Å²) in [6.07, 6.45) is 11.9. The highest BCUT2D eigenvalue weighted by Crippen LogP contribution is 2.58. The third-order valence-corrected chi connectivity index (χ3v) is 11.8. The lowest BCUT2D eigenvalue weighted by Crippen LogP contribution is -2.31. The Kier molecular flexibility index (Phi) is 10.2. The Morgan fingerprint density at radius 2 is 1.13 bits per heavy atom. The van der Waals surface area contributed by atoms with Crippen molar-refractivity contribution in [3.63, 3.8) is 0 Å². The Bertz CT molecular complexity index is 1280. The fourth-order valence-corrected chi connectivity index (χ4v) is 10.2. The van der Waals surface area contributed by atoms with E-state index in [1.54, 1.807) is 10.9 Å². The number of unbranched alkanes of at least 4 members (excludes halogenated alkanes) is 5. The third kappa shape index (κ3) is 7.17. The summed E-state index contributed by atoms with van der Waals surface area (Å²) in [5.74, 6) is 1.03. The van der Waals surface area contributed by atoms with E-state index in [9.17, 15) is 0 Å². The van der Waals surface area contributed by atoms with E-state index < -0.39 is 0 Å². The van der Waals surface area contributed by atoms with Gasteiger partial charge < -0.3 is 0 Å². The van der Waals surface area contributed by atoms with Gasteiger partial charge in [0.1, 0.15) is 24.7 Å². The van der Waals surface area contributed by atoms with Crippen LogP contribution in [0.25, 0.3) is 0 Å². The number of hydrogen-bond donors (Lipinski definition) is 0. The molecule has 1 aliphatic rings. The van der Waals surface area contributed by atoms with Gasteiger partial charge in [-0.25, -0.2) is 0 Å². The molecule has 4 atom stereocenters. The molecule has 0 fully saturated rings. The molecule has 4 aromatic carbocycles. The largest absolute Gasteiger partial charge is 0.142 e. The summed E-state index contributed by atoms with van der Waals surface area (Å²) < 4.78 is 0. The molecule has 0 N–H and O–H groups in total. The van der Waals surface area contributed by atoms with E-state index in [0.29, 0.717) is 17.5 Å². The van der Waals surface area contributed by atoms with Gasteiger partial charge in [0.05, 0.1) is 0 Å². The van der Waals surface area contributed by atoms with Gasteiger partial charge in [-0.05, 0) is 41.9 Å². The highest BCUT2D eigenvalue weighted by atomic mass is 31.1. The summed E-state index contributed by atoms with van der Waals surface area (Å²) in [6, 6.07) is 45.6. The maximum absolute atomic E-state index is 2.41. The molecule has 1 heterocycles. The van der Waals surface area contributed by atoms with Crippen LogP contribution >= 0.6 is 7.55 Å². The molecule has 0 saturated heterocycles. The fraction of sp³-hybridized carbons (Fsp3) is 0.342. The van der Waals surface area contributed by atoms with Crippen molar-refractivity contribution < 1.29 is 0 Å². The average molecular weight is 532 g/mol. The molecule has 200 valence electrons. The lowest BCUT2D eigenvalue weighted by Gasteiger charge is -2.35. The molecule has 0 amide bonds. The third-order valence-electron chi connectivity index (χ3n) is 8.53. The summed E-state index contributed by atoms with van der Waals surface area (Å²) >= 11 is 0. The number of benzene rings is 4. The van der Waals surface area contributed by atoms with Crippen molar-refractivity contribution in [3.05, 3.63) is 144 Å². The van der Waals surface area contributed by atoms with Gasteiger partial charge in [-0.15, -0.1) is 0 Å². The molecule has 1 heteroatoms. The van der Waals surface area contributed by atoms with Gasteiger partial charge in [-0.3, -0.25) is 0 Å². The molecule has 0 spiro atoms. The van der Waals surface area contributed by atoms with Crippen molar-refractivity contribution in [2.75, 3.05) is 6.16 Å². The summed E-state index contributed by atoms with van der Waals surface area (Å²) in [5.41, 5.74) is 6.59. The lowest BCUT2D eigenvalue weighted by molar-refractivity contribution is 0.488. The second-order valence-electron chi connectivity index (χ2n) is 11.2. The molecule has 0 bridgehead atoms. The molecular formula is C38H44P+. The Morgan fingerprint density at radius 1 is 0.590 bits per heavy atom. The topological polar surface area (TPSA) is 0 Å². The zero-order valence-electron chi connectivity index (χ0n) is 23.6. The predicted molar refractivity (Wildman–Crippen MR) is 172 cm³/mol. The minimum atomic E-state index is -0.311. The van der Waals surface area contributed by atoms with Crippen LogP contribution in [-0.4, -0.2) is 11.5 Å². The summed E-state index contributed by atoms with van der Waals surface area (Å²) in [6.45, 7) is 2.31. The first-order valence-electron chi connectivity index (χ1n) is 15.2. The number of hydrogen-bond acceptors (Lipinski definition) is 0. The molecule has 4 aromatic rings. The first-order chi connectivity index (χ1) is 19.3. The quantitative estimate of drug-likeness (QED) is 0.126. The zero-order valence-corrected chi connectivity index (χ0v) is 24.5. The van der Waals surface area contributed by atoms with E-state index in [1.807, 2.05) is 0 Å². The predicted octanol–water partition coefficient (Wildman–Crippen LogP) is 10.8. The Labute approximate surface area is 237 Å². The Morgan fingerprint density at radius 3 is 1.77 bits per heavy atom. The van der Waals surface area contributed by atoms with Gasteiger partial charge in [-0.1, -0.05) is 154 Å². The van der Waals surface area contributed by atoms with Crippen LogP contribution in [0.3, 0.4) is 0 Å². The first kappa shape index (κ1) is 27.6. The zero-order chi connectivity index (χ0) is 26.7. The highest BCUT2D eigenvalue weighted by molar-refractivity contribution is 7.60. The van der Waals surface area contributed by atoms with Gasteiger partial charge in [0.15, 0.2) is 0 Å². The van der Waals surface area contributed by atoms with E-state index in [1.165, 1.54) is 67.8 Å². The molecule has 0 nitrogen and oxygen atoms in total. The van der Waals surface area contributed by atoms with Crippen molar-refractivity contribution >= 4 is 12.8 Å². The van der Waals surface area contributed by atoms with Gasteiger partial charge in [-0.2, -0.15) is 0 Å². The van der Waals surface area contributed by atoms with Gasteiger partial charge >= 0.3 is 0 Å². The second kappa shape index (κ2) is 14.4. The van der Waals surface area contributed by atoms with Crippen LogP contribution in [0.4, 0.5) is 0 Å². The van der Waals surface area contributed by atoms with E-state index in [2.05, 4.69) is 128 Å². The van der Waals surface area contributed by atoms with Gasteiger partial charge in [0, 0.05) is 17.9 Å². The van der Waals surface area contributed by atoms with Crippen LogP contribution in [0, 0.1) is 5.92 Å². The smallest absolute Gasteiger partial charge is 0.0654 e. The van der Waals surface area contributed by atoms with Crippen molar-refractivity contribution in [1.82, 2.24) is 0 Å². The minimum absolute atomic E-state index is 0.311. The van der Waals surface area contributed by atoms with Crippen LogP contribution in [0.5, 0.6) is 0 Å². The molecule has 39 heavy (non-hydrogen) atoms. The molecule has 0 aliphatic carbocycles.